The van der Waals surface area contributed by atoms with Gasteiger partial charge in [-0.1, -0.05) is 6.92 Å². The molecule has 0 unspecified atom stereocenters. The van der Waals surface area contributed by atoms with Crippen molar-refractivity contribution in [2.45, 2.75) is 89.4 Å². The normalized spacial score (nSPS) is 46.0. The molecular weight excluding hydrogens is 230 g/mol. The van der Waals surface area contributed by atoms with E-state index in [9.17, 15) is 8.78 Å². The highest BCUT2D eigenvalue weighted by atomic mass is 19.1. The van der Waals surface area contributed by atoms with E-state index in [2.05, 4.69) is 6.92 Å². The van der Waals surface area contributed by atoms with Gasteiger partial charge in [0.25, 0.3) is 0 Å². The van der Waals surface area contributed by atoms with E-state index in [0.29, 0.717) is 31.1 Å². The van der Waals surface area contributed by atoms with Crippen molar-refractivity contribution in [3.63, 3.8) is 0 Å². The molecule has 106 valence electrons. The second-order valence-corrected chi connectivity index (χ2v) is 7.23. The molecule has 2 aliphatic rings. The standard InChI is InChI=1S/C16H28F2/c1-13-3-10-16(18,11-4-13)12-7-14-5-8-15(2,17)9-6-14/h13-14H,3-12H2,1-2H3. The molecule has 0 N–H and O–H groups in total. The summed E-state index contributed by atoms with van der Waals surface area (Å²) in [6.07, 6.45) is 8.55. The Morgan fingerprint density at radius 2 is 1.50 bits per heavy atom. The predicted octanol–water partition coefficient (Wildman–Crippen LogP) is 5.60. The Morgan fingerprint density at radius 3 is 2.06 bits per heavy atom. The lowest BCUT2D eigenvalue weighted by atomic mass is 9.74. The van der Waals surface area contributed by atoms with Gasteiger partial charge in [0.05, 0.1) is 0 Å². The molecule has 0 saturated heterocycles. The number of hydrogen-bond donors (Lipinski definition) is 0. The molecule has 18 heavy (non-hydrogen) atoms. The van der Waals surface area contributed by atoms with E-state index in [1.165, 1.54) is 0 Å². The van der Waals surface area contributed by atoms with E-state index in [0.717, 1.165) is 44.9 Å². The highest BCUT2D eigenvalue weighted by Crippen LogP contribution is 2.42. The van der Waals surface area contributed by atoms with Crippen molar-refractivity contribution >= 4 is 0 Å². The van der Waals surface area contributed by atoms with Crippen molar-refractivity contribution in [1.29, 1.82) is 0 Å². The summed E-state index contributed by atoms with van der Waals surface area (Å²) in [5, 5.41) is 0. The molecule has 2 heteroatoms. The van der Waals surface area contributed by atoms with Crippen molar-refractivity contribution in [2.75, 3.05) is 0 Å². The third-order valence-corrected chi connectivity index (χ3v) is 5.32. The second-order valence-electron chi connectivity index (χ2n) is 7.23. The fourth-order valence-electron chi connectivity index (χ4n) is 3.56. The predicted molar refractivity (Wildman–Crippen MR) is 72.2 cm³/mol. The van der Waals surface area contributed by atoms with Crippen molar-refractivity contribution in [2.24, 2.45) is 11.8 Å². The van der Waals surface area contributed by atoms with Crippen LogP contribution in [0, 0.1) is 11.8 Å². The first-order chi connectivity index (χ1) is 8.39. The Bertz CT molecular complexity index is 254. The molecule has 2 fully saturated rings. The van der Waals surface area contributed by atoms with Gasteiger partial charge >= 0.3 is 0 Å². The average molecular weight is 258 g/mol. The Kier molecular flexibility index (Phi) is 4.33. The SMILES string of the molecule is CC1CCC(F)(CCC2CCC(C)(F)CC2)CC1. The van der Waals surface area contributed by atoms with Crippen LogP contribution >= 0.6 is 0 Å². The van der Waals surface area contributed by atoms with E-state index in [1.807, 2.05) is 0 Å². The van der Waals surface area contributed by atoms with Gasteiger partial charge < -0.3 is 0 Å². The monoisotopic (exact) mass is 258 g/mol. The molecule has 0 heterocycles. The molecule has 0 aliphatic heterocycles. The minimum absolute atomic E-state index is 0.570. The van der Waals surface area contributed by atoms with Gasteiger partial charge in [-0.3, -0.25) is 0 Å². The lowest BCUT2D eigenvalue weighted by Gasteiger charge is -2.35. The molecule has 0 radical (unpaired) electrons. The summed E-state index contributed by atoms with van der Waals surface area (Å²) < 4.78 is 28.3. The number of alkyl halides is 2. The topological polar surface area (TPSA) is 0 Å². The van der Waals surface area contributed by atoms with Crippen LogP contribution in [0.15, 0.2) is 0 Å². The molecule has 0 nitrogen and oxygen atoms in total. The summed E-state index contributed by atoms with van der Waals surface area (Å²) >= 11 is 0. The van der Waals surface area contributed by atoms with Crippen molar-refractivity contribution in [1.82, 2.24) is 0 Å². The van der Waals surface area contributed by atoms with Crippen LogP contribution < -0.4 is 0 Å². The summed E-state index contributed by atoms with van der Waals surface area (Å²) in [6, 6.07) is 0. The van der Waals surface area contributed by atoms with Gasteiger partial charge in [-0.15, -0.1) is 0 Å². The van der Waals surface area contributed by atoms with Gasteiger partial charge in [0.15, 0.2) is 0 Å². The quantitative estimate of drug-likeness (QED) is 0.617. The zero-order valence-corrected chi connectivity index (χ0v) is 12.0. The minimum Gasteiger partial charge on any atom is -0.244 e. The maximum atomic E-state index is 14.6. The molecular formula is C16H28F2. The van der Waals surface area contributed by atoms with E-state index in [4.69, 9.17) is 0 Å². The highest BCUT2D eigenvalue weighted by Gasteiger charge is 2.36. The molecule has 0 aromatic heterocycles. The van der Waals surface area contributed by atoms with Crippen LogP contribution in [0.1, 0.15) is 78.1 Å². The van der Waals surface area contributed by atoms with Crippen LogP contribution in [-0.4, -0.2) is 11.3 Å². The summed E-state index contributed by atoms with van der Waals surface area (Å²) in [6.45, 7) is 3.94. The van der Waals surface area contributed by atoms with Crippen LogP contribution in [0.5, 0.6) is 0 Å². The number of hydrogen-bond acceptors (Lipinski definition) is 0. The Balaban J connectivity index is 1.72. The Labute approximate surface area is 111 Å². The van der Waals surface area contributed by atoms with Crippen molar-refractivity contribution in [3.8, 4) is 0 Å². The fraction of sp³-hybridized carbons (Fsp3) is 1.00. The van der Waals surface area contributed by atoms with Crippen LogP contribution in [-0.2, 0) is 0 Å². The molecule has 0 aromatic carbocycles. The fourth-order valence-corrected chi connectivity index (χ4v) is 3.56. The average Bonchev–Trinajstić information content (AvgIpc) is 2.32. The minimum atomic E-state index is -0.954. The first-order valence-electron chi connectivity index (χ1n) is 7.76. The lowest BCUT2D eigenvalue weighted by Crippen LogP contribution is -2.31. The molecule has 0 bridgehead atoms. The summed E-state index contributed by atoms with van der Waals surface area (Å²) in [5.41, 5.74) is -1.85. The third-order valence-electron chi connectivity index (χ3n) is 5.32. The highest BCUT2D eigenvalue weighted by molar-refractivity contribution is 4.87. The zero-order valence-electron chi connectivity index (χ0n) is 12.0. The first kappa shape index (κ1) is 14.3. The van der Waals surface area contributed by atoms with Gasteiger partial charge in [0.2, 0.25) is 0 Å². The molecule has 2 rings (SSSR count). The lowest BCUT2D eigenvalue weighted by molar-refractivity contribution is 0.0566. The van der Waals surface area contributed by atoms with Crippen molar-refractivity contribution in [3.05, 3.63) is 0 Å². The van der Waals surface area contributed by atoms with Crippen LogP contribution in [0.25, 0.3) is 0 Å². The van der Waals surface area contributed by atoms with E-state index in [-0.39, 0.29) is 0 Å². The Hall–Kier alpha value is -0.140. The van der Waals surface area contributed by atoms with Gasteiger partial charge in [0, 0.05) is 0 Å². The molecule has 0 spiro atoms. The Morgan fingerprint density at radius 1 is 0.944 bits per heavy atom. The molecule has 2 saturated carbocycles. The molecule has 0 amide bonds. The maximum absolute atomic E-state index is 14.6. The van der Waals surface area contributed by atoms with Gasteiger partial charge in [-0.05, 0) is 83.0 Å². The summed E-state index contributed by atoms with van der Waals surface area (Å²) in [7, 11) is 0. The molecule has 2 aliphatic carbocycles. The maximum Gasteiger partial charge on any atom is 0.111 e. The smallest absolute Gasteiger partial charge is 0.111 e. The van der Waals surface area contributed by atoms with Crippen LogP contribution in [0.3, 0.4) is 0 Å². The molecule has 0 aromatic rings. The zero-order chi connectivity index (χ0) is 13.2. The van der Waals surface area contributed by atoms with E-state index >= 15 is 0 Å². The van der Waals surface area contributed by atoms with Crippen LogP contribution in [0.4, 0.5) is 8.78 Å². The summed E-state index contributed by atoms with van der Waals surface area (Å²) in [4.78, 5) is 0. The van der Waals surface area contributed by atoms with Crippen molar-refractivity contribution < 1.29 is 8.78 Å². The van der Waals surface area contributed by atoms with Gasteiger partial charge in [-0.25, -0.2) is 8.78 Å². The number of rotatable bonds is 3. The second kappa shape index (κ2) is 5.46. The van der Waals surface area contributed by atoms with Gasteiger partial charge in [0.1, 0.15) is 11.3 Å². The summed E-state index contributed by atoms with van der Waals surface area (Å²) in [5.74, 6) is 1.27. The first-order valence-corrected chi connectivity index (χ1v) is 7.76. The largest absolute Gasteiger partial charge is 0.244 e. The van der Waals surface area contributed by atoms with E-state index < -0.39 is 11.3 Å². The van der Waals surface area contributed by atoms with Crippen LogP contribution in [0.2, 0.25) is 0 Å². The third kappa shape index (κ3) is 3.93. The van der Waals surface area contributed by atoms with E-state index in [1.54, 1.807) is 6.92 Å². The number of halogens is 2. The van der Waals surface area contributed by atoms with Gasteiger partial charge in [-0.2, -0.15) is 0 Å². The molecule has 0 atom stereocenters.